The van der Waals surface area contributed by atoms with E-state index < -0.39 is 124 Å². The third kappa shape index (κ3) is 32.1. The third-order valence-corrected chi connectivity index (χ3v) is 17.9. The fourth-order valence-corrected chi connectivity index (χ4v) is 12.3. The molecule has 12 N–H and O–H groups in total. The van der Waals surface area contributed by atoms with E-state index in [1.165, 1.54) is 205 Å². The molecule has 1 amide bonds. The fraction of sp³-hybridized carbons (Fsp3) is 0.985. The van der Waals surface area contributed by atoms with Gasteiger partial charge in [0.25, 0.3) is 0 Å². The van der Waals surface area contributed by atoms with Crippen molar-refractivity contribution in [1.82, 2.24) is 5.32 Å². The number of amides is 1. The van der Waals surface area contributed by atoms with Gasteiger partial charge in [0, 0.05) is 6.42 Å². The van der Waals surface area contributed by atoms with E-state index in [1.807, 2.05) is 0 Å². The van der Waals surface area contributed by atoms with E-state index in [0.717, 1.165) is 44.9 Å². The maximum atomic E-state index is 13.4. The molecule has 19 heteroatoms. The standard InChI is InChI=1S/C66H127NO18/c1-3-5-7-9-11-13-15-17-19-21-23-25-27-29-31-33-35-37-39-41-43-50(71)49(67-54(72)44-42-40-38-36-34-32-30-28-26-24-22-20-18-16-14-12-10-8-6-4-2)48-80-64-60(78)57(75)62(52(46-69)82-64)85-66-61(79)58(76)63(53(47-70)83-66)84-65-59(77)56(74)55(73)51(45-68)81-65/h49-53,55-66,68-71,73-79H,3-48H2,1-2H3,(H,67,72). The molecule has 3 heterocycles. The topological polar surface area (TPSA) is 307 Å². The number of carbonyl (C=O) groups is 1. The third-order valence-electron chi connectivity index (χ3n) is 17.9. The van der Waals surface area contributed by atoms with Crippen LogP contribution in [0, 0.1) is 0 Å². The van der Waals surface area contributed by atoms with Gasteiger partial charge in [-0.3, -0.25) is 4.79 Å². The van der Waals surface area contributed by atoms with Crippen molar-refractivity contribution in [3.05, 3.63) is 0 Å². The maximum Gasteiger partial charge on any atom is 0.220 e. The van der Waals surface area contributed by atoms with Gasteiger partial charge in [-0.2, -0.15) is 0 Å². The molecule has 0 aromatic rings. The van der Waals surface area contributed by atoms with E-state index in [9.17, 15) is 61.0 Å². The Balaban J connectivity index is 1.44. The first-order valence-electron chi connectivity index (χ1n) is 34.8. The summed E-state index contributed by atoms with van der Waals surface area (Å²) in [7, 11) is 0. The van der Waals surface area contributed by atoms with Gasteiger partial charge in [0.05, 0.1) is 38.6 Å². The molecular formula is C66H127NO18. The van der Waals surface area contributed by atoms with Gasteiger partial charge in [0.1, 0.15) is 73.2 Å². The molecule has 0 saturated carbocycles. The normalized spacial score (nSPS) is 28.9. The van der Waals surface area contributed by atoms with Crippen LogP contribution in [0.3, 0.4) is 0 Å². The van der Waals surface area contributed by atoms with Crippen LogP contribution in [0.15, 0.2) is 0 Å². The SMILES string of the molecule is CCCCCCCCCCCCCCCCCCCCCCC(=O)NC(COC1OC(CO)C(OC2OC(CO)C(OC3OC(CO)C(O)C(O)C3O)C(O)C2O)C(O)C1O)C(O)CCCCCCCCCCCCCCCCCCCCCC. The second kappa shape index (κ2) is 49.5. The Morgan fingerprint density at radius 2 is 0.671 bits per heavy atom. The minimum atomic E-state index is -1.97. The van der Waals surface area contributed by atoms with Gasteiger partial charge in [-0.15, -0.1) is 0 Å². The molecule has 3 aliphatic heterocycles. The molecule has 504 valence electrons. The van der Waals surface area contributed by atoms with Gasteiger partial charge < -0.3 is 89.9 Å². The summed E-state index contributed by atoms with van der Waals surface area (Å²) < 4.78 is 34.4. The summed E-state index contributed by atoms with van der Waals surface area (Å²) in [6, 6.07) is -0.881. The highest BCUT2D eigenvalue weighted by Gasteiger charge is 2.53. The van der Waals surface area contributed by atoms with Crippen LogP contribution in [0.2, 0.25) is 0 Å². The summed E-state index contributed by atoms with van der Waals surface area (Å²) in [4.78, 5) is 13.4. The number of carbonyl (C=O) groups excluding carboxylic acids is 1. The zero-order valence-corrected chi connectivity index (χ0v) is 53.1. The lowest BCUT2D eigenvalue weighted by molar-refractivity contribution is -0.379. The van der Waals surface area contributed by atoms with Crippen LogP contribution >= 0.6 is 0 Å². The molecule has 0 radical (unpaired) electrons. The van der Waals surface area contributed by atoms with E-state index in [2.05, 4.69) is 19.2 Å². The molecule has 0 aliphatic carbocycles. The molecule has 17 unspecified atom stereocenters. The van der Waals surface area contributed by atoms with E-state index in [-0.39, 0.29) is 18.9 Å². The maximum absolute atomic E-state index is 13.4. The van der Waals surface area contributed by atoms with Crippen molar-refractivity contribution < 1.29 is 89.4 Å². The molecule has 0 aromatic carbocycles. The van der Waals surface area contributed by atoms with E-state index in [0.29, 0.717) is 12.8 Å². The fourth-order valence-electron chi connectivity index (χ4n) is 12.3. The number of nitrogens with one attached hydrogen (secondary N) is 1. The number of ether oxygens (including phenoxy) is 6. The van der Waals surface area contributed by atoms with Gasteiger partial charge >= 0.3 is 0 Å². The molecule has 3 aliphatic rings. The van der Waals surface area contributed by atoms with Crippen LogP contribution in [0.1, 0.15) is 284 Å². The average molecular weight is 1220 g/mol. The average Bonchev–Trinajstić information content (AvgIpc) is 3.10. The number of hydrogen-bond donors (Lipinski definition) is 12. The van der Waals surface area contributed by atoms with E-state index in [1.54, 1.807) is 0 Å². The van der Waals surface area contributed by atoms with Gasteiger partial charge in [0.15, 0.2) is 18.9 Å². The Labute approximate surface area is 513 Å². The zero-order valence-electron chi connectivity index (χ0n) is 53.1. The largest absolute Gasteiger partial charge is 0.394 e. The van der Waals surface area contributed by atoms with E-state index >= 15 is 0 Å². The Hall–Kier alpha value is -1.21. The van der Waals surface area contributed by atoms with Crippen LogP contribution < -0.4 is 5.32 Å². The number of rotatable bonds is 54. The van der Waals surface area contributed by atoms with Crippen molar-refractivity contribution in [1.29, 1.82) is 0 Å². The summed E-state index contributed by atoms with van der Waals surface area (Å²) in [6.07, 6.45) is 24.6. The molecule has 19 nitrogen and oxygen atoms in total. The molecule has 3 fully saturated rings. The monoisotopic (exact) mass is 1220 g/mol. The first-order chi connectivity index (χ1) is 41.3. The lowest BCUT2D eigenvalue weighted by atomic mass is 9.96. The van der Waals surface area contributed by atoms with Gasteiger partial charge in [-0.05, 0) is 12.8 Å². The predicted molar refractivity (Wildman–Crippen MR) is 328 cm³/mol. The summed E-state index contributed by atoms with van der Waals surface area (Å²) in [5.41, 5.74) is 0. The quantitative estimate of drug-likeness (QED) is 0.0253. The van der Waals surface area contributed by atoms with Crippen molar-refractivity contribution in [3.8, 4) is 0 Å². The molecule has 3 rings (SSSR count). The Bertz CT molecular complexity index is 1550. The molecular weight excluding hydrogens is 1090 g/mol. The van der Waals surface area contributed by atoms with Crippen LogP contribution in [-0.4, -0.2) is 193 Å². The van der Waals surface area contributed by atoms with E-state index in [4.69, 9.17) is 28.4 Å². The van der Waals surface area contributed by atoms with Gasteiger partial charge in [-0.1, -0.05) is 264 Å². The number of aliphatic hydroxyl groups is 11. The first-order valence-corrected chi connectivity index (χ1v) is 34.8. The minimum Gasteiger partial charge on any atom is -0.394 e. The van der Waals surface area contributed by atoms with Crippen LogP contribution in [0.25, 0.3) is 0 Å². The van der Waals surface area contributed by atoms with Crippen molar-refractivity contribution in [2.24, 2.45) is 0 Å². The van der Waals surface area contributed by atoms with Crippen LogP contribution in [0.4, 0.5) is 0 Å². The molecule has 3 saturated heterocycles. The molecule has 17 atom stereocenters. The van der Waals surface area contributed by atoms with Gasteiger partial charge in [0.2, 0.25) is 5.91 Å². The smallest absolute Gasteiger partial charge is 0.220 e. The highest BCUT2D eigenvalue weighted by Crippen LogP contribution is 2.33. The Morgan fingerprint density at radius 1 is 0.376 bits per heavy atom. The van der Waals surface area contributed by atoms with Crippen molar-refractivity contribution >= 4 is 5.91 Å². The Kier molecular flexibility index (Phi) is 45.4. The van der Waals surface area contributed by atoms with Crippen molar-refractivity contribution in [2.75, 3.05) is 26.4 Å². The lowest BCUT2D eigenvalue weighted by Gasteiger charge is -2.48. The number of aliphatic hydroxyl groups excluding tert-OH is 11. The second-order valence-corrected chi connectivity index (χ2v) is 25.4. The number of unbranched alkanes of at least 4 members (excludes halogenated alkanes) is 38. The zero-order chi connectivity index (χ0) is 61.9. The van der Waals surface area contributed by atoms with Crippen LogP contribution in [-0.2, 0) is 33.2 Å². The molecule has 0 bridgehead atoms. The lowest BCUT2D eigenvalue weighted by Crippen LogP contribution is -2.66. The van der Waals surface area contributed by atoms with Crippen LogP contribution in [0.5, 0.6) is 0 Å². The summed E-state index contributed by atoms with van der Waals surface area (Å²) in [5.74, 6) is -0.236. The highest BCUT2D eigenvalue weighted by atomic mass is 16.8. The summed E-state index contributed by atoms with van der Waals surface area (Å²) in [6.45, 7) is 1.84. The molecule has 0 aromatic heterocycles. The summed E-state index contributed by atoms with van der Waals surface area (Å²) in [5, 5.41) is 121. The molecule has 0 spiro atoms. The van der Waals surface area contributed by atoms with Gasteiger partial charge in [-0.25, -0.2) is 0 Å². The summed E-state index contributed by atoms with van der Waals surface area (Å²) >= 11 is 0. The minimum absolute atomic E-state index is 0.236. The first kappa shape index (κ1) is 78.0. The second-order valence-electron chi connectivity index (χ2n) is 25.4. The predicted octanol–water partition coefficient (Wildman–Crippen LogP) is 8.72. The van der Waals surface area contributed by atoms with Crippen molar-refractivity contribution in [3.63, 3.8) is 0 Å². The Morgan fingerprint density at radius 3 is 1.02 bits per heavy atom. The number of hydrogen-bond acceptors (Lipinski definition) is 18. The highest BCUT2D eigenvalue weighted by molar-refractivity contribution is 5.76. The molecule has 85 heavy (non-hydrogen) atoms. The van der Waals surface area contributed by atoms with Crippen molar-refractivity contribution in [2.45, 2.75) is 388 Å².